The van der Waals surface area contributed by atoms with Gasteiger partial charge in [0.25, 0.3) is 5.91 Å². The summed E-state index contributed by atoms with van der Waals surface area (Å²) in [4.78, 5) is 26.5. The van der Waals surface area contributed by atoms with Gasteiger partial charge in [-0.15, -0.1) is 0 Å². The van der Waals surface area contributed by atoms with E-state index in [4.69, 9.17) is 9.72 Å². The summed E-state index contributed by atoms with van der Waals surface area (Å²) in [5.41, 5.74) is 2.76. The average molecular weight is 435 g/mol. The monoisotopic (exact) mass is 434 g/mol. The lowest BCUT2D eigenvalue weighted by Gasteiger charge is -2.37. The summed E-state index contributed by atoms with van der Waals surface area (Å²) >= 11 is 0. The van der Waals surface area contributed by atoms with Crippen LogP contribution in [0.3, 0.4) is 0 Å². The Balaban J connectivity index is 1.55. The van der Waals surface area contributed by atoms with Gasteiger partial charge in [-0.25, -0.2) is 14.4 Å². The van der Waals surface area contributed by atoms with Gasteiger partial charge in [-0.05, 0) is 61.1 Å². The summed E-state index contributed by atoms with van der Waals surface area (Å²) in [6.07, 6.45) is 6.65. The van der Waals surface area contributed by atoms with Crippen molar-refractivity contribution >= 4 is 5.91 Å². The Morgan fingerprint density at radius 1 is 1.22 bits per heavy atom. The molecule has 2 aromatic heterocycles. The van der Waals surface area contributed by atoms with Crippen LogP contribution in [0.5, 0.6) is 5.75 Å². The molecule has 3 aromatic rings. The first-order chi connectivity index (χ1) is 15.3. The van der Waals surface area contributed by atoms with Crippen molar-refractivity contribution in [1.29, 1.82) is 0 Å². The standard InChI is InChI=1S/C25H27FN4O2/c1-4-22(32-18-7-5-17(26)6-8-18)24(31)30-21-14-25(2,3)13-20-19(21)15-28-23(29-20)16-9-11-27-12-10-16/h5-12,15,21-22H,4,13-14H2,1-3H3,(H,30,31). The van der Waals surface area contributed by atoms with Gasteiger partial charge >= 0.3 is 0 Å². The Morgan fingerprint density at radius 3 is 2.62 bits per heavy atom. The van der Waals surface area contributed by atoms with Crippen molar-refractivity contribution in [3.8, 4) is 17.1 Å². The Labute approximate surface area is 187 Å². The lowest BCUT2D eigenvalue weighted by molar-refractivity contribution is -0.129. The second-order valence-electron chi connectivity index (χ2n) is 8.91. The molecule has 0 spiro atoms. The summed E-state index contributed by atoms with van der Waals surface area (Å²) in [5, 5.41) is 3.14. The topological polar surface area (TPSA) is 77.0 Å². The third kappa shape index (κ3) is 4.93. The Hall–Kier alpha value is -3.35. The van der Waals surface area contributed by atoms with Crippen molar-refractivity contribution in [1.82, 2.24) is 20.3 Å². The highest BCUT2D eigenvalue weighted by Gasteiger charge is 2.35. The van der Waals surface area contributed by atoms with Crippen LogP contribution in [0.4, 0.5) is 4.39 Å². The Bertz CT molecular complexity index is 1090. The molecule has 0 saturated carbocycles. The number of ether oxygens (including phenoxy) is 1. The lowest BCUT2D eigenvalue weighted by Crippen LogP contribution is -2.43. The molecule has 0 bridgehead atoms. The zero-order chi connectivity index (χ0) is 22.7. The molecule has 0 radical (unpaired) electrons. The van der Waals surface area contributed by atoms with Gasteiger partial charge in [0.1, 0.15) is 11.6 Å². The van der Waals surface area contributed by atoms with Crippen molar-refractivity contribution in [3.05, 3.63) is 72.1 Å². The molecule has 1 aliphatic carbocycles. The zero-order valence-corrected chi connectivity index (χ0v) is 18.5. The predicted molar refractivity (Wildman–Crippen MR) is 119 cm³/mol. The molecule has 32 heavy (non-hydrogen) atoms. The number of fused-ring (bicyclic) bond motifs is 1. The molecule has 4 rings (SSSR count). The van der Waals surface area contributed by atoms with E-state index >= 15 is 0 Å². The quantitative estimate of drug-likeness (QED) is 0.610. The van der Waals surface area contributed by atoms with Crippen LogP contribution in [0.25, 0.3) is 11.4 Å². The molecule has 1 aromatic carbocycles. The van der Waals surface area contributed by atoms with E-state index in [0.29, 0.717) is 18.0 Å². The van der Waals surface area contributed by atoms with Gasteiger partial charge in [0.2, 0.25) is 0 Å². The van der Waals surface area contributed by atoms with Crippen LogP contribution in [-0.2, 0) is 11.2 Å². The van der Waals surface area contributed by atoms with E-state index in [9.17, 15) is 9.18 Å². The summed E-state index contributed by atoms with van der Waals surface area (Å²) in [5.74, 6) is 0.564. The molecule has 0 saturated heterocycles. The molecule has 2 heterocycles. The minimum absolute atomic E-state index is 0.0334. The molecule has 7 heteroatoms. The number of rotatable bonds is 6. The number of hydrogen-bond donors (Lipinski definition) is 1. The van der Waals surface area contributed by atoms with E-state index in [1.807, 2.05) is 25.3 Å². The van der Waals surface area contributed by atoms with Crippen LogP contribution in [0.15, 0.2) is 55.0 Å². The average Bonchev–Trinajstić information content (AvgIpc) is 2.78. The van der Waals surface area contributed by atoms with E-state index in [1.54, 1.807) is 12.4 Å². The highest BCUT2D eigenvalue weighted by atomic mass is 19.1. The van der Waals surface area contributed by atoms with Gasteiger partial charge in [-0.2, -0.15) is 0 Å². The minimum atomic E-state index is -0.675. The number of nitrogens with zero attached hydrogens (tertiary/aromatic N) is 3. The largest absolute Gasteiger partial charge is 0.481 e. The van der Waals surface area contributed by atoms with Gasteiger partial charge < -0.3 is 10.1 Å². The number of carbonyl (C=O) groups excluding carboxylic acids is 1. The maximum atomic E-state index is 13.2. The smallest absolute Gasteiger partial charge is 0.261 e. The first-order valence-electron chi connectivity index (χ1n) is 10.8. The number of hydrogen-bond acceptors (Lipinski definition) is 5. The first-order valence-corrected chi connectivity index (χ1v) is 10.8. The summed E-state index contributed by atoms with van der Waals surface area (Å²) in [7, 11) is 0. The third-order valence-corrected chi connectivity index (χ3v) is 5.69. The van der Waals surface area contributed by atoms with E-state index in [0.717, 1.165) is 29.7 Å². The number of aromatic nitrogens is 3. The summed E-state index contributed by atoms with van der Waals surface area (Å²) in [6.45, 7) is 6.24. The summed E-state index contributed by atoms with van der Waals surface area (Å²) in [6, 6.07) is 9.24. The second kappa shape index (κ2) is 9.02. The SMILES string of the molecule is CCC(Oc1ccc(F)cc1)C(=O)NC1CC(C)(C)Cc2nc(-c3ccncc3)ncc21. The van der Waals surface area contributed by atoms with Crippen LogP contribution in [0, 0.1) is 11.2 Å². The molecule has 166 valence electrons. The highest BCUT2D eigenvalue weighted by Crippen LogP contribution is 2.40. The molecule has 1 amide bonds. The highest BCUT2D eigenvalue weighted by molar-refractivity contribution is 5.81. The van der Waals surface area contributed by atoms with Crippen LogP contribution >= 0.6 is 0 Å². The fraction of sp³-hybridized carbons (Fsp3) is 0.360. The zero-order valence-electron chi connectivity index (χ0n) is 18.5. The normalized spacial score (nSPS) is 17.8. The van der Waals surface area contributed by atoms with E-state index < -0.39 is 6.10 Å². The first kappa shape index (κ1) is 21.9. The third-order valence-electron chi connectivity index (χ3n) is 5.69. The van der Waals surface area contributed by atoms with Crippen LogP contribution < -0.4 is 10.1 Å². The van der Waals surface area contributed by atoms with Crippen LogP contribution in [-0.4, -0.2) is 27.0 Å². The number of nitrogens with one attached hydrogen (secondary N) is 1. The molecule has 0 aliphatic heterocycles. The van der Waals surface area contributed by atoms with Gasteiger partial charge in [0.05, 0.1) is 11.7 Å². The number of halogens is 1. The van der Waals surface area contributed by atoms with Gasteiger partial charge in [-0.3, -0.25) is 9.78 Å². The fourth-order valence-electron chi connectivity index (χ4n) is 4.08. The molecule has 1 N–H and O–H groups in total. The molecule has 2 atom stereocenters. The number of carbonyl (C=O) groups is 1. The van der Waals surface area contributed by atoms with Crippen LogP contribution in [0.2, 0.25) is 0 Å². The van der Waals surface area contributed by atoms with Crippen molar-refractivity contribution in [2.45, 2.75) is 52.2 Å². The van der Waals surface area contributed by atoms with Gasteiger partial charge in [0.15, 0.2) is 11.9 Å². The fourth-order valence-corrected chi connectivity index (χ4v) is 4.08. The maximum Gasteiger partial charge on any atom is 0.261 e. The molecule has 0 fully saturated rings. The van der Waals surface area contributed by atoms with Gasteiger partial charge in [0, 0.05) is 29.7 Å². The number of benzene rings is 1. The lowest BCUT2D eigenvalue weighted by atomic mass is 9.74. The minimum Gasteiger partial charge on any atom is -0.481 e. The number of amides is 1. The molecule has 6 nitrogen and oxygen atoms in total. The maximum absolute atomic E-state index is 13.2. The Kier molecular flexibility index (Phi) is 6.17. The molecular weight excluding hydrogens is 407 g/mol. The predicted octanol–water partition coefficient (Wildman–Crippen LogP) is 4.67. The van der Waals surface area contributed by atoms with Crippen molar-refractivity contribution < 1.29 is 13.9 Å². The summed E-state index contributed by atoms with van der Waals surface area (Å²) < 4.78 is 19.0. The van der Waals surface area contributed by atoms with E-state index in [-0.39, 0.29) is 23.2 Å². The molecular formula is C25H27FN4O2. The number of pyridine rings is 1. The van der Waals surface area contributed by atoms with Gasteiger partial charge in [-0.1, -0.05) is 20.8 Å². The second-order valence-corrected chi connectivity index (χ2v) is 8.91. The van der Waals surface area contributed by atoms with E-state index in [2.05, 4.69) is 29.1 Å². The van der Waals surface area contributed by atoms with Crippen molar-refractivity contribution in [2.24, 2.45) is 5.41 Å². The molecule has 1 aliphatic rings. The van der Waals surface area contributed by atoms with Crippen molar-refractivity contribution in [3.63, 3.8) is 0 Å². The Morgan fingerprint density at radius 2 is 1.94 bits per heavy atom. The van der Waals surface area contributed by atoms with Crippen molar-refractivity contribution in [2.75, 3.05) is 0 Å². The van der Waals surface area contributed by atoms with Crippen LogP contribution in [0.1, 0.15) is 50.9 Å². The van der Waals surface area contributed by atoms with E-state index in [1.165, 1.54) is 24.3 Å². The molecule has 2 unspecified atom stereocenters.